The van der Waals surface area contributed by atoms with Crippen LogP contribution in [0.1, 0.15) is 56.9 Å². The van der Waals surface area contributed by atoms with Gasteiger partial charge in [-0.05, 0) is 67.1 Å². The number of fused-ring (bicyclic) bond motifs is 2. The van der Waals surface area contributed by atoms with E-state index < -0.39 is 0 Å². The lowest BCUT2D eigenvalue weighted by Crippen LogP contribution is -2.38. The number of ether oxygens (including phenoxy) is 2. The maximum absolute atomic E-state index is 13.2. The monoisotopic (exact) mass is 411 g/mol. The Morgan fingerprint density at radius 3 is 2.53 bits per heavy atom. The Balaban J connectivity index is 1.38. The summed E-state index contributed by atoms with van der Waals surface area (Å²) in [5.41, 5.74) is 1.19. The van der Waals surface area contributed by atoms with Gasteiger partial charge in [0, 0.05) is 19.5 Å². The lowest BCUT2D eigenvalue weighted by Gasteiger charge is -2.29. The number of hydrogen-bond acceptors (Lipinski definition) is 3. The van der Waals surface area contributed by atoms with Gasteiger partial charge in [0.15, 0.2) is 11.5 Å². The Labute approximate surface area is 181 Å². The molecule has 0 radical (unpaired) electrons. The average molecular weight is 412 g/mol. The first-order valence-corrected chi connectivity index (χ1v) is 11.8. The third-order valence-electron chi connectivity index (χ3n) is 7.58. The lowest BCUT2D eigenvalue weighted by molar-refractivity contribution is -0.132. The Hall–Kier alpha value is -1.97. The second-order valence-electron chi connectivity index (χ2n) is 9.51. The molecular formula is C26H37NO3. The molecule has 3 aliphatic carbocycles. The van der Waals surface area contributed by atoms with Gasteiger partial charge in [-0.1, -0.05) is 43.9 Å². The van der Waals surface area contributed by atoms with E-state index in [0.717, 1.165) is 49.3 Å². The zero-order valence-corrected chi connectivity index (χ0v) is 18.6. The van der Waals surface area contributed by atoms with Crippen LogP contribution in [0.4, 0.5) is 0 Å². The summed E-state index contributed by atoms with van der Waals surface area (Å²) >= 11 is 0. The summed E-state index contributed by atoms with van der Waals surface area (Å²) in [6.45, 7) is 1.71. The number of rotatable bonds is 10. The number of nitrogens with zero attached hydrogens (tertiary/aromatic N) is 1. The summed E-state index contributed by atoms with van der Waals surface area (Å²) in [6.07, 6.45) is 15.3. The van der Waals surface area contributed by atoms with E-state index in [0.29, 0.717) is 24.2 Å². The highest BCUT2D eigenvalue weighted by atomic mass is 16.5. The molecule has 1 aromatic carbocycles. The minimum absolute atomic E-state index is 0.356. The van der Waals surface area contributed by atoms with Crippen molar-refractivity contribution in [3.63, 3.8) is 0 Å². The first-order chi connectivity index (χ1) is 14.7. The molecule has 0 saturated heterocycles. The average Bonchev–Trinajstić information content (AvgIpc) is 3.53. The summed E-state index contributed by atoms with van der Waals surface area (Å²) in [6, 6.07) is 6.09. The molecule has 0 spiro atoms. The molecule has 1 aromatic rings. The van der Waals surface area contributed by atoms with Gasteiger partial charge >= 0.3 is 0 Å². The summed E-state index contributed by atoms with van der Waals surface area (Å²) < 4.78 is 10.8. The molecule has 4 heteroatoms. The van der Waals surface area contributed by atoms with Crippen molar-refractivity contribution in [3.05, 3.63) is 35.9 Å². The smallest absolute Gasteiger partial charge is 0.222 e. The van der Waals surface area contributed by atoms with Crippen LogP contribution in [-0.2, 0) is 11.2 Å². The van der Waals surface area contributed by atoms with E-state index in [2.05, 4.69) is 23.1 Å². The fourth-order valence-electron chi connectivity index (χ4n) is 5.79. The maximum Gasteiger partial charge on any atom is 0.222 e. The summed E-state index contributed by atoms with van der Waals surface area (Å²) in [5, 5.41) is 0. The SMILES string of the molecule is COc1ccc(CCN(CC2CC3C=CC2C3)C(=O)CCC2CCCC2)cc1OC. The van der Waals surface area contributed by atoms with Gasteiger partial charge in [0.05, 0.1) is 14.2 Å². The minimum Gasteiger partial charge on any atom is -0.493 e. The molecule has 4 nitrogen and oxygen atoms in total. The normalized spacial score (nSPS) is 25.1. The van der Waals surface area contributed by atoms with Gasteiger partial charge in [0.1, 0.15) is 0 Å². The number of allylic oxidation sites excluding steroid dienone is 2. The second kappa shape index (κ2) is 9.89. The molecule has 3 aliphatic rings. The van der Waals surface area contributed by atoms with Crippen molar-refractivity contribution < 1.29 is 14.3 Å². The number of methoxy groups -OCH3 is 2. The van der Waals surface area contributed by atoms with Crippen LogP contribution in [0.2, 0.25) is 0 Å². The van der Waals surface area contributed by atoms with Gasteiger partial charge in [-0.2, -0.15) is 0 Å². The van der Waals surface area contributed by atoms with Crippen molar-refractivity contribution in [2.75, 3.05) is 27.3 Å². The van der Waals surface area contributed by atoms with Crippen LogP contribution in [0.25, 0.3) is 0 Å². The molecule has 2 saturated carbocycles. The van der Waals surface area contributed by atoms with Gasteiger partial charge in [-0.15, -0.1) is 0 Å². The maximum atomic E-state index is 13.2. The molecule has 1 amide bonds. The van der Waals surface area contributed by atoms with Gasteiger partial charge < -0.3 is 14.4 Å². The van der Waals surface area contributed by atoms with Gasteiger partial charge in [0.2, 0.25) is 5.91 Å². The van der Waals surface area contributed by atoms with Crippen molar-refractivity contribution in [1.29, 1.82) is 0 Å². The zero-order valence-electron chi connectivity index (χ0n) is 18.6. The first-order valence-electron chi connectivity index (χ1n) is 11.8. The predicted octanol–water partition coefficient (Wildman–Crippen LogP) is 5.26. The first kappa shape index (κ1) is 21.3. The molecular weight excluding hydrogens is 374 g/mol. The Morgan fingerprint density at radius 1 is 1.07 bits per heavy atom. The molecule has 0 heterocycles. The van der Waals surface area contributed by atoms with E-state index in [-0.39, 0.29) is 0 Å². The quantitative estimate of drug-likeness (QED) is 0.493. The van der Waals surface area contributed by atoms with Gasteiger partial charge in [-0.25, -0.2) is 0 Å². The molecule has 3 unspecified atom stereocenters. The van der Waals surface area contributed by atoms with Crippen LogP contribution in [-0.4, -0.2) is 38.1 Å². The highest BCUT2D eigenvalue weighted by Crippen LogP contribution is 2.43. The Morgan fingerprint density at radius 2 is 1.87 bits per heavy atom. The molecule has 0 N–H and O–H groups in total. The van der Waals surface area contributed by atoms with E-state index in [1.165, 1.54) is 44.1 Å². The predicted molar refractivity (Wildman–Crippen MR) is 120 cm³/mol. The summed E-state index contributed by atoms with van der Waals surface area (Å²) in [4.78, 5) is 15.4. The van der Waals surface area contributed by atoms with Crippen LogP contribution in [0, 0.1) is 23.7 Å². The van der Waals surface area contributed by atoms with Crippen molar-refractivity contribution in [2.24, 2.45) is 23.7 Å². The molecule has 164 valence electrons. The summed E-state index contributed by atoms with van der Waals surface area (Å²) in [5.74, 6) is 4.71. The molecule has 4 rings (SSSR count). The van der Waals surface area contributed by atoms with E-state index in [4.69, 9.17) is 9.47 Å². The lowest BCUT2D eigenvalue weighted by atomic mass is 9.92. The van der Waals surface area contributed by atoms with Crippen LogP contribution in [0.3, 0.4) is 0 Å². The standard InChI is InChI=1S/C26H37NO3/c1-29-24-11-8-20(17-25(24)30-2)13-14-27(18-23-16-21-7-10-22(23)15-21)26(28)12-9-19-5-3-4-6-19/h7-8,10-11,17,19,21-23H,3-6,9,12-16,18H2,1-2H3. The van der Waals surface area contributed by atoms with Gasteiger partial charge in [-0.3, -0.25) is 4.79 Å². The van der Waals surface area contributed by atoms with E-state index >= 15 is 0 Å². The molecule has 2 bridgehead atoms. The van der Waals surface area contributed by atoms with Crippen molar-refractivity contribution in [2.45, 2.75) is 57.8 Å². The Kier molecular flexibility index (Phi) is 7.01. The van der Waals surface area contributed by atoms with Crippen molar-refractivity contribution in [3.8, 4) is 11.5 Å². The topological polar surface area (TPSA) is 38.8 Å². The summed E-state index contributed by atoms with van der Waals surface area (Å²) in [7, 11) is 3.33. The van der Waals surface area contributed by atoms with Crippen molar-refractivity contribution in [1.82, 2.24) is 4.90 Å². The van der Waals surface area contributed by atoms with Crippen LogP contribution in [0.5, 0.6) is 11.5 Å². The van der Waals surface area contributed by atoms with E-state index in [1.807, 2.05) is 12.1 Å². The molecule has 30 heavy (non-hydrogen) atoms. The third-order valence-corrected chi connectivity index (χ3v) is 7.58. The minimum atomic E-state index is 0.356. The van der Waals surface area contributed by atoms with Crippen LogP contribution < -0.4 is 9.47 Å². The van der Waals surface area contributed by atoms with Crippen LogP contribution >= 0.6 is 0 Å². The molecule has 0 aromatic heterocycles. The van der Waals surface area contributed by atoms with Gasteiger partial charge in [0.25, 0.3) is 0 Å². The highest BCUT2D eigenvalue weighted by molar-refractivity contribution is 5.76. The molecule has 3 atom stereocenters. The molecule has 0 aliphatic heterocycles. The zero-order chi connectivity index (χ0) is 20.9. The fraction of sp³-hybridized carbons (Fsp3) is 0.654. The Bertz CT molecular complexity index is 753. The molecule has 2 fully saturated rings. The number of amides is 1. The number of hydrogen-bond donors (Lipinski definition) is 0. The number of benzene rings is 1. The van der Waals surface area contributed by atoms with E-state index in [1.54, 1.807) is 14.2 Å². The van der Waals surface area contributed by atoms with Crippen molar-refractivity contribution >= 4 is 5.91 Å². The number of carbonyl (C=O) groups is 1. The highest BCUT2D eigenvalue weighted by Gasteiger charge is 2.37. The largest absolute Gasteiger partial charge is 0.493 e. The fourth-order valence-corrected chi connectivity index (χ4v) is 5.79. The second-order valence-corrected chi connectivity index (χ2v) is 9.51. The van der Waals surface area contributed by atoms with Crippen LogP contribution in [0.15, 0.2) is 30.4 Å². The number of carbonyl (C=O) groups excluding carboxylic acids is 1. The van der Waals surface area contributed by atoms with E-state index in [9.17, 15) is 4.79 Å². The third kappa shape index (κ3) is 5.01.